The van der Waals surface area contributed by atoms with E-state index in [9.17, 15) is 5.11 Å². The predicted molar refractivity (Wildman–Crippen MR) is 91.1 cm³/mol. The maximum atomic E-state index is 11.2. The van der Waals surface area contributed by atoms with Gasteiger partial charge in [-0.2, -0.15) is 0 Å². The minimum absolute atomic E-state index is 0.115. The summed E-state index contributed by atoms with van der Waals surface area (Å²) < 4.78 is 5.94. The summed E-state index contributed by atoms with van der Waals surface area (Å²) in [4.78, 5) is 0. The largest absolute Gasteiger partial charge is 0.361 e. The van der Waals surface area contributed by atoms with Crippen molar-refractivity contribution in [1.82, 2.24) is 5.32 Å². The lowest BCUT2D eigenvalue weighted by molar-refractivity contribution is -0.263. The van der Waals surface area contributed by atoms with Crippen LogP contribution in [0.5, 0.6) is 0 Å². The van der Waals surface area contributed by atoms with Crippen molar-refractivity contribution in [2.75, 3.05) is 6.61 Å². The van der Waals surface area contributed by atoms with E-state index in [0.29, 0.717) is 6.61 Å². The number of nitrogens with one attached hydrogen (secondary N) is 1. The molecule has 2 atom stereocenters. The molecular formula is C19H31NO2. The van der Waals surface area contributed by atoms with Crippen molar-refractivity contribution in [3.8, 4) is 0 Å². The lowest BCUT2D eigenvalue weighted by Crippen LogP contribution is -2.63. The van der Waals surface area contributed by atoms with Crippen molar-refractivity contribution in [2.45, 2.75) is 78.2 Å². The van der Waals surface area contributed by atoms with Crippen molar-refractivity contribution in [1.29, 1.82) is 0 Å². The van der Waals surface area contributed by atoms with Gasteiger partial charge in [0, 0.05) is 11.1 Å². The van der Waals surface area contributed by atoms with Gasteiger partial charge in [0.05, 0.1) is 12.6 Å². The number of benzene rings is 1. The minimum atomic E-state index is -1.25. The molecule has 1 aliphatic rings. The Bertz CT molecular complexity index is 538. The first kappa shape index (κ1) is 17.5. The molecule has 124 valence electrons. The van der Waals surface area contributed by atoms with Gasteiger partial charge in [-0.15, -0.1) is 0 Å². The van der Waals surface area contributed by atoms with Crippen molar-refractivity contribution >= 4 is 0 Å². The van der Waals surface area contributed by atoms with E-state index >= 15 is 0 Å². The summed E-state index contributed by atoms with van der Waals surface area (Å²) in [5.74, 6) is -1.25. The number of hydrogen-bond acceptors (Lipinski definition) is 3. The maximum absolute atomic E-state index is 11.2. The molecule has 1 aromatic carbocycles. The monoisotopic (exact) mass is 305 g/mol. The van der Waals surface area contributed by atoms with Gasteiger partial charge in [-0.05, 0) is 57.2 Å². The Balaban J connectivity index is 2.45. The quantitative estimate of drug-likeness (QED) is 0.895. The molecule has 0 radical (unpaired) electrons. The highest BCUT2D eigenvalue weighted by molar-refractivity contribution is 5.41. The Labute approximate surface area is 135 Å². The summed E-state index contributed by atoms with van der Waals surface area (Å²) in [7, 11) is 0. The molecule has 0 spiro atoms. The number of ether oxygens (including phenoxy) is 1. The van der Waals surface area contributed by atoms with Crippen LogP contribution in [0.25, 0.3) is 0 Å². The second-order valence-corrected chi connectivity index (χ2v) is 7.26. The van der Waals surface area contributed by atoms with Crippen LogP contribution in [0.15, 0.2) is 12.1 Å². The van der Waals surface area contributed by atoms with Gasteiger partial charge in [-0.25, -0.2) is 0 Å². The summed E-state index contributed by atoms with van der Waals surface area (Å²) in [5.41, 5.74) is 4.75. The second kappa shape index (κ2) is 6.31. The average Bonchev–Trinajstić information content (AvgIpc) is 2.45. The normalized spacial score (nSPS) is 27.9. The molecule has 0 bridgehead atoms. The van der Waals surface area contributed by atoms with E-state index < -0.39 is 5.79 Å². The van der Waals surface area contributed by atoms with E-state index in [1.165, 1.54) is 16.7 Å². The molecule has 1 aliphatic heterocycles. The summed E-state index contributed by atoms with van der Waals surface area (Å²) in [5, 5.41) is 14.6. The van der Waals surface area contributed by atoms with Crippen LogP contribution in [-0.2, 0) is 23.4 Å². The molecule has 0 aliphatic carbocycles. The van der Waals surface area contributed by atoms with Gasteiger partial charge in [-0.3, -0.25) is 0 Å². The van der Waals surface area contributed by atoms with Crippen LogP contribution >= 0.6 is 0 Å². The molecular weight excluding hydrogens is 274 g/mol. The van der Waals surface area contributed by atoms with Crippen LogP contribution < -0.4 is 5.32 Å². The standard InChI is InChI=1S/C19H31NO2/c1-7-9-16-11-17(10-15(8-2)13(16)3)19(21)14(4)20-18(5,6)12-22-19/h10-11,14,20-21H,7-9,12H2,1-6H3. The Hall–Kier alpha value is -0.900. The number of rotatable bonds is 4. The van der Waals surface area contributed by atoms with Crippen molar-refractivity contribution in [2.24, 2.45) is 0 Å². The first-order chi connectivity index (χ1) is 10.2. The third kappa shape index (κ3) is 3.22. The Kier molecular flexibility index (Phi) is 5.00. The first-order valence-electron chi connectivity index (χ1n) is 8.50. The Morgan fingerprint density at radius 2 is 1.91 bits per heavy atom. The number of hydrogen-bond donors (Lipinski definition) is 2. The fourth-order valence-electron chi connectivity index (χ4n) is 3.42. The molecule has 2 unspecified atom stereocenters. The predicted octanol–water partition coefficient (Wildman–Crippen LogP) is 3.44. The van der Waals surface area contributed by atoms with E-state index in [2.05, 4.69) is 52.1 Å². The minimum Gasteiger partial charge on any atom is -0.361 e. The molecule has 3 heteroatoms. The fourth-order valence-corrected chi connectivity index (χ4v) is 3.42. The number of aliphatic hydroxyl groups is 1. The topological polar surface area (TPSA) is 41.5 Å². The van der Waals surface area contributed by atoms with Gasteiger partial charge < -0.3 is 15.2 Å². The molecule has 2 rings (SSSR count). The molecule has 1 aromatic rings. The summed E-state index contributed by atoms with van der Waals surface area (Å²) >= 11 is 0. The molecule has 0 amide bonds. The van der Waals surface area contributed by atoms with E-state index in [-0.39, 0.29) is 11.6 Å². The van der Waals surface area contributed by atoms with Crippen LogP contribution in [0.1, 0.15) is 63.3 Å². The molecule has 1 fully saturated rings. The summed E-state index contributed by atoms with van der Waals surface area (Å²) in [6, 6.07) is 4.09. The highest BCUT2D eigenvalue weighted by Crippen LogP contribution is 2.35. The van der Waals surface area contributed by atoms with Gasteiger partial charge in [0.2, 0.25) is 5.79 Å². The van der Waals surface area contributed by atoms with Crippen LogP contribution in [0, 0.1) is 6.92 Å². The highest BCUT2D eigenvalue weighted by Gasteiger charge is 2.45. The Morgan fingerprint density at radius 1 is 1.27 bits per heavy atom. The molecule has 0 saturated carbocycles. The zero-order valence-corrected chi connectivity index (χ0v) is 14.9. The van der Waals surface area contributed by atoms with E-state index in [0.717, 1.165) is 24.8 Å². The number of aryl methyl sites for hydroxylation is 2. The van der Waals surface area contributed by atoms with Gasteiger partial charge in [0.15, 0.2) is 0 Å². The van der Waals surface area contributed by atoms with Gasteiger partial charge in [-0.1, -0.05) is 32.4 Å². The lowest BCUT2D eigenvalue weighted by atomic mass is 9.87. The maximum Gasteiger partial charge on any atom is 0.208 e. The van der Waals surface area contributed by atoms with E-state index in [1.54, 1.807) is 0 Å². The van der Waals surface area contributed by atoms with Crippen molar-refractivity contribution in [3.63, 3.8) is 0 Å². The van der Waals surface area contributed by atoms with Crippen molar-refractivity contribution in [3.05, 3.63) is 34.4 Å². The molecule has 3 nitrogen and oxygen atoms in total. The van der Waals surface area contributed by atoms with Crippen LogP contribution in [0.2, 0.25) is 0 Å². The van der Waals surface area contributed by atoms with Crippen LogP contribution in [-0.4, -0.2) is 23.3 Å². The average molecular weight is 305 g/mol. The molecule has 1 saturated heterocycles. The van der Waals surface area contributed by atoms with E-state index in [4.69, 9.17) is 4.74 Å². The molecule has 22 heavy (non-hydrogen) atoms. The zero-order chi connectivity index (χ0) is 16.5. The molecule has 1 heterocycles. The van der Waals surface area contributed by atoms with Crippen LogP contribution in [0.4, 0.5) is 0 Å². The third-order valence-corrected chi connectivity index (χ3v) is 4.78. The van der Waals surface area contributed by atoms with E-state index in [1.807, 2.05) is 6.92 Å². The fraction of sp³-hybridized carbons (Fsp3) is 0.684. The highest BCUT2D eigenvalue weighted by atomic mass is 16.6. The SMILES string of the molecule is CCCc1cc(C2(O)OCC(C)(C)NC2C)cc(CC)c1C. The van der Waals surface area contributed by atoms with Gasteiger partial charge >= 0.3 is 0 Å². The van der Waals surface area contributed by atoms with Crippen molar-refractivity contribution < 1.29 is 9.84 Å². The lowest BCUT2D eigenvalue weighted by Gasteiger charge is -2.46. The van der Waals surface area contributed by atoms with Gasteiger partial charge in [0.1, 0.15) is 0 Å². The first-order valence-corrected chi connectivity index (χ1v) is 8.50. The summed E-state index contributed by atoms with van der Waals surface area (Å²) in [6.07, 6.45) is 3.11. The van der Waals surface area contributed by atoms with Gasteiger partial charge in [0.25, 0.3) is 0 Å². The third-order valence-electron chi connectivity index (χ3n) is 4.78. The molecule has 0 aromatic heterocycles. The Morgan fingerprint density at radius 3 is 2.45 bits per heavy atom. The summed E-state index contributed by atoms with van der Waals surface area (Å²) in [6.45, 7) is 13.2. The van der Waals surface area contributed by atoms with Crippen LogP contribution in [0.3, 0.4) is 0 Å². The zero-order valence-electron chi connectivity index (χ0n) is 14.9. The smallest absolute Gasteiger partial charge is 0.208 e. The second-order valence-electron chi connectivity index (χ2n) is 7.26. The number of morpholine rings is 1. The molecule has 2 N–H and O–H groups in total.